The van der Waals surface area contributed by atoms with E-state index in [1.807, 2.05) is 19.9 Å². The van der Waals surface area contributed by atoms with Gasteiger partial charge >= 0.3 is 0 Å². The molecule has 1 aliphatic carbocycles. The van der Waals surface area contributed by atoms with Crippen molar-refractivity contribution < 1.29 is 4.79 Å². The number of nitrogens with one attached hydrogen (secondary N) is 1. The SMILES string of the molecule is CCCCCCCCCC1CCC(c2ccc(-c3ccc(NC(=O)C(C)C)cc3CC)cc2)CC1. The van der Waals surface area contributed by atoms with E-state index in [2.05, 4.69) is 55.6 Å². The van der Waals surface area contributed by atoms with E-state index in [0.717, 1.165) is 23.9 Å². The van der Waals surface area contributed by atoms with E-state index in [1.54, 1.807) is 0 Å². The molecule has 0 bridgehead atoms. The highest BCUT2D eigenvalue weighted by Gasteiger charge is 2.22. The third-order valence-corrected chi connectivity index (χ3v) is 8.03. The number of hydrogen-bond donors (Lipinski definition) is 1. The highest BCUT2D eigenvalue weighted by atomic mass is 16.1. The van der Waals surface area contributed by atoms with E-state index >= 15 is 0 Å². The van der Waals surface area contributed by atoms with Crippen molar-refractivity contribution in [1.82, 2.24) is 0 Å². The number of hydrogen-bond acceptors (Lipinski definition) is 1. The van der Waals surface area contributed by atoms with Crippen LogP contribution in [0.25, 0.3) is 11.1 Å². The van der Waals surface area contributed by atoms with Gasteiger partial charge in [-0.2, -0.15) is 0 Å². The highest BCUT2D eigenvalue weighted by molar-refractivity contribution is 5.92. The fourth-order valence-corrected chi connectivity index (χ4v) is 5.64. The van der Waals surface area contributed by atoms with Crippen molar-refractivity contribution in [2.45, 2.75) is 117 Å². The van der Waals surface area contributed by atoms with Gasteiger partial charge in [-0.3, -0.25) is 4.79 Å². The Balaban J connectivity index is 1.49. The molecular formula is C33H49NO. The minimum absolute atomic E-state index is 0.0114. The molecule has 0 atom stereocenters. The number of carbonyl (C=O) groups is 1. The predicted octanol–water partition coefficient (Wildman–Crippen LogP) is 9.92. The normalized spacial score (nSPS) is 18.1. The van der Waals surface area contributed by atoms with Crippen LogP contribution < -0.4 is 5.32 Å². The zero-order valence-electron chi connectivity index (χ0n) is 22.9. The zero-order valence-corrected chi connectivity index (χ0v) is 22.9. The molecule has 2 nitrogen and oxygen atoms in total. The molecule has 2 aromatic carbocycles. The van der Waals surface area contributed by atoms with Crippen LogP contribution in [0.4, 0.5) is 5.69 Å². The molecule has 0 spiro atoms. The Bertz CT molecular complexity index is 890. The lowest BCUT2D eigenvalue weighted by atomic mass is 9.77. The van der Waals surface area contributed by atoms with Crippen LogP contribution in [-0.4, -0.2) is 5.91 Å². The molecular weight excluding hydrogens is 426 g/mol. The number of aryl methyl sites for hydroxylation is 1. The summed E-state index contributed by atoms with van der Waals surface area (Å²) < 4.78 is 0. The summed E-state index contributed by atoms with van der Waals surface area (Å²) in [5, 5.41) is 3.04. The van der Waals surface area contributed by atoms with Crippen LogP contribution in [0, 0.1) is 11.8 Å². The number of rotatable bonds is 13. The molecule has 0 radical (unpaired) electrons. The van der Waals surface area contributed by atoms with Crippen LogP contribution in [0.3, 0.4) is 0 Å². The van der Waals surface area contributed by atoms with Gasteiger partial charge in [-0.25, -0.2) is 0 Å². The van der Waals surface area contributed by atoms with Crippen molar-refractivity contribution in [2.24, 2.45) is 11.8 Å². The molecule has 192 valence electrons. The van der Waals surface area contributed by atoms with Gasteiger partial charge in [0.1, 0.15) is 0 Å². The minimum atomic E-state index is -0.0114. The maximum absolute atomic E-state index is 12.1. The Morgan fingerprint density at radius 1 is 0.857 bits per heavy atom. The van der Waals surface area contributed by atoms with Gasteiger partial charge < -0.3 is 5.32 Å². The zero-order chi connectivity index (χ0) is 25.0. The monoisotopic (exact) mass is 475 g/mol. The van der Waals surface area contributed by atoms with Crippen LogP contribution >= 0.6 is 0 Å². The second-order valence-corrected chi connectivity index (χ2v) is 11.1. The van der Waals surface area contributed by atoms with Crippen molar-refractivity contribution in [3.05, 3.63) is 53.6 Å². The number of anilines is 1. The summed E-state index contributed by atoms with van der Waals surface area (Å²) in [6.45, 7) is 8.33. The summed E-state index contributed by atoms with van der Waals surface area (Å²) in [5.74, 6) is 1.75. The lowest BCUT2D eigenvalue weighted by molar-refractivity contribution is -0.118. The largest absolute Gasteiger partial charge is 0.326 e. The van der Waals surface area contributed by atoms with Crippen LogP contribution in [-0.2, 0) is 11.2 Å². The van der Waals surface area contributed by atoms with Crippen LogP contribution in [0.15, 0.2) is 42.5 Å². The Labute approximate surface area is 215 Å². The van der Waals surface area contributed by atoms with Crippen molar-refractivity contribution >= 4 is 11.6 Å². The van der Waals surface area contributed by atoms with Crippen molar-refractivity contribution in [3.8, 4) is 11.1 Å². The first-order valence-corrected chi connectivity index (χ1v) is 14.6. The van der Waals surface area contributed by atoms with E-state index in [4.69, 9.17) is 0 Å². The second-order valence-electron chi connectivity index (χ2n) is 11.1. The average Bonchev–Trinajstić information content (AvgIpc) is 2.88. The smallest absolute Gasteiger partial charge is 0.226 e. The summed E-state index contributed by atoms with van der Waals surface area (Å²) in [6, 6.07) is 15.7. The first kappa shape index (κ1) is 27.5. The summed E-state index contributed by atoms with van der Waals surface area (Å²) in [5.41, 5.74) is 6.25. The van der Waals surface area contributed by atoms with Gasteiger partial charge in [0.25, 0.3) is 0 Å². The molecule has 3 rings (SSSR count). The molecule has 0 saturated heterocycles. The molecule has 35 heavy (non-hydrogen) atoms. The number of benzene rings is 2. The molecule has 1 amide bonds. The Hall–Kier alpha value is -2.09. The summed E-state index contributed by atoms with van der Waals surface area (Å²) in [4.78, 5) is 12.1. The first-order chi connectivity index (χ1) is 17.0. The predicted molar refractivity (Wildman–Crippen MR) is 152 cm³/mol. The Morgan fingerprint density at radius 2 is 1.51 bits per heavy atom. The molecule has 0 aliphatic heterocycles. The molecule has 1 N–H and O–H groups in total. The minimum Gasteiger partial charge on any atom is -0.326 e. The lowest BCUT2D eigenvalue weighted by Gasteiger charge is -2.29. The topological polar surface area (TPSA) is 29.1 Å². The maximum atomic E-state index is 12.1. The van der Waals surface area contributed by atoms with Gasteiger partial charge in [-0.1, -0.05) is 109 Å². The van der Waals surface area contributed by atoms with Gasteiger partial charge in [0.05, 0.1) is 0 Å². The summed E-state index contributed by atoms with van der Waals surface area (Å²) >= 11 is 0. The molecule has 0 unspecified atom stereocenters. The summed E-state index contributed by atoms with van der Waals surface area (Å²) in [7, 11) is 0. The lowest BCUT2D eigenvalue weighted by Crippen LogP contribution is -2.17. The van der Waals surface area contributed by atoms with Crippen LogP contribution in [0.2, 0.25) is 0 Å². The number of amides is 1. The Morgan fingerprint density at radius 3 is 2.14 bits per heavy atom. The molecule has 2 aromatic rings. The van der Waals surface area contributed by atoms with Gasteiger partial charge in [-0.15, -0.1) is 0 Å². The van der Waals surface area contributed by atoms with Crippen LogP contribution in [0.5, 0.6) is 0 Å². The van der Waals surface area contributed by atoms with Crippen LogP contribution in [0.1, 0.15) is 122 Å². The van der Waals surface area contributed by atoms with E-state index in [1.165, 1.54) is 99.3 Å². The fourth-order valence-electron chi connectivity index (χ4n) is 5.64. The van der Waals surface area contributed by atoms with Crippen molar-refractivity contribution in [3.63, 3.8) is 0 Å². The van der Waals surface area contributed by atoms with Crippen molar-refractivity contribution in [1.29, 1.82) is 0 Å². The quantitative estimate of drug-likeness (QED) is 0.287. The Kier molecular flexibility index (Phi) is 11.4. The van der Waals surface area contributed by atoms with E-state index in [-0.39, 0.29) is 11.8 Å². The van der Waals surface area contributed by atoms with E-state index in [9.17, 15) is 4.79 Å². The second kappa shape index (κ2) is 14.5. The van der Waals surface area contributed by atoms with Gasteiger partial charge in [0.2, 0.25) is 5.91 Å². The fraction of sp³-hybridized carbons (Fsp3) is 0.606. The summed E-state index contributed by atoms with van der Waals surface area (Å²) in [6.07, 6.45) is 17.9. The highest BCUT2D eigenvalue weighted by Crippen LogP contribution is 2.38. The van der Waals surface area contributed by atoms with Crippen molar-refractivity contribution in [2.75, 3.05) is 5.32 Å². The molecule has 0 heterocycles. The van der Waals surface area contributed by atoms with E-state index in [0.29, 0.717) is 0 Å². The van der Waals surface area contributed by atoms with Gasteiger partial charge in [-0.05, 0) is 78.3 Å². The number of unbranched alkanes of at least 4 members (excludes halogenated alkanes) is 6. The third kappa shape index (κ3) is 8.51. The van der Waals surface area contributed by atoms with E-state index < -0.39 is 0 Å². The molecule has 0 aromatic heterocycles. The molecule has 2 heteroatoms. The van der Waals surface area contributed by atoms with Gasteiger partial charge in [0, 0.05) is 11.6 Å². The standard InChI is InChI=1S/C33H49NO/c1-5-7-8-9-10-11-12-13-26-14-16-28(17-15-26)29-18-20-30(21-19-29)32-23-22-31(24-27(32)6-2)34-33(35)25(3)4/h18-26,28H,5-17H2,1-4H3,(H,34,35). The molecule has 1 saturated carbocycles. The first-order valence-electron chi connectivity index (χ1n) is 14.6. The molecule has 1 aliphatic rings. The maximum Gasteiger partial charge on any atom is 0.226 e. The third-order valence-electron chi connectivity index (χ3n) is 8.03. The average molecular weight is 476 g/mol. The van der Waals surface area contributed by atoms with Gasteiger partial charge in [0.15, 0.2) is 0 Å². The molecule has 1 fully saturated rings. The number of carbonyl (C=O) groups excluding carboxylic acids is 1.